The van der Waals surface area contributed by atoms with Crippen LogP contribution in [0.15, 0.2) is 4.52 Å². The summed E-state index contributed by atoms with van der Waals surface area (Å²) in [6, 6.07) is 0. The van der Waals surface area contributed by atoms with Gasteiger partial charge in [0.25, 0.3) is 0 Å². The second-order valence-corrected chi connectivity index (χ2v) is 3.76. The summed E-state index contributed by atoms with van der Waals surface area (Å²) in [6.45, 7) is 4.14. The number of aromatic nitrogens is 2. The fraction of sp³-hybridized carbons (Fsp3) is 0.778. The van der Waals surface area contributed by atoms with E-state index in [-0.39, 0.29) is 6.61 Å². The van der Waals surface area contributed by atoms with Gasteiger partial charge in [0.2, 0.25) is 5.89 Å². The van der Waals surface area contributed by atoms with Gasteiger partial charge in [-0.05, 0) is 12.5 Å². The van der Waals surface area contributed by atoms with Crippen molar-refractivity contribution < 1.29 is 9.63 Å². The van der Waals surface area contributed by atoms with Gasteiger partial charge < -0.3 is 14.9 Å². The predicted octanol–water partition coefficient (Wildman–Crippen LogP) is -0.0727. The Balaban J connectivity index is 2.08. The lowest BCUT2D eigenvalue weighted by Gasteiger charge is -2.07. The molecule has 2 heterocycles. The molecule has 0 aromatic carbocycles. The molecule has 1 saturated heterocycles. The molecule has 5 nitrogen and oxygen atoms in total. The molecule has 5 heteroatoms. The molecule has 1 aromatic rings. The summed E-state index contributed by atoms with van der Waals surface area (Å²) in [5.41, 5.74) is 0. The molecule has 0 bridgehead atoms. The molecule has 0 spiro atoms. The summed E-state index contributed by atoms with van der Waals surface area (Å²) < 4.78 is 5.16. The van der Waals surface area contributed by atoms with Gasteiger partial charge in [-0.2, -0.15) is 4.98 Å². The Bertz CT molecular complexity index is 300. The van der Waals surface area contributed by atoms with Crippen molar-refractivity contribution >= 4 is 0 Å². The first kappa shape index (κ1) is 9.61. The van der Waals surface area contributed by atoms with Crippen molar-refractivity contribution in [2.45, 2.75) is 19.3 Å². The average Bonchev–Trinajstić information content (AvgIpc) is 2.74. The van der Waals surface area contributed by atoms with Crippen molar-refractivity contribution in [1.82, 2.24) is 15.5 Å². The molecule has 1 aliphatic rings. The van der Waals surface area contributed by atoms with Crippen LogP contribution in [-0.2, 0) is 6.42 Å². The quantitative estimate of drug-likeness (QED) is 0.709. The summed E-state index contributed by atoms with van der Waals surface area (Å²) in [5, 5.41) is 15.8. The summed E-state index contributed by atoms with van der Waals surface area (Å²) in [6.07, 6.45) is 0.470. The first-order valence-electron chi connectivity index (χ1n) is 4.95. The molecule has 2 unspecified atom stereocenters. The first-order chi connectivity index (χ1) is 6.81. The van der Waals surface area contributed by atoms with E-state index in [4.69, 9.17) is 9.63 Å². The Kier molecular flexibility index (Phi) is 2.79. The number of aliphatic hydroxyl groups excluding tert-OH is 1. The van der Waals surface area contributed by atoms with Gasteiger partial charge in [0.15, 0.2) is 5.82 Å². The Labute approximate surface area is 82.5 Å². The van der Waals surface area contributed by atoms with Gasteiger partial charge in [-0.3, -0.25) is 0 Å². The van der Waals surface area contributed by atoms with Crippen LogP contribution in [0.3, 0.4) is 0 Å². The summed E-state index contributed by atoms with van der Waals surface area (Å²) in [5.74, 6) is 2.17. The minimum atomic E-state index is 0.0669. The van der Waals surface area contributed by atoms with E-state index in [1.165, 1.54) is 0 Å². The van der Waals surface area contributed by atoms with Crippen molar-refractivity contribution in [3.05, 3.63) is 11.7 Å². The molecule has 0 aliphatic carbocycles. The molecule has 2 N–H and O–H groups in total. The predicted molar refractivity (Wildman–Crippen MR) is 49.9 cm³/mol. The normalized spacial score (nSPS) is 27.0. The van der Waals surface area contributed by atoms with Gasteiger partial charge in [0.1, 0.15) is 0 Å². The van der Waals surface area contributed by atoms with Crippen LogP contribution in [-0.4, -0.2) is 34.9 Å². The van der Waals surface area contributed by atoms with Gasteiger partial charge >= 0.3 is 0 Å². The zero-order chi connectivity index (χ0) is 9.97. The number of rotatable bonds is 3. The van der Waals surface area contributed by atoms with E-state index in [9.17, 15) is 0 Å². The van der Waals surface area contributed by atoms with Crippen LogP contribution in [0.1, 0.15) is 24.6 Å². The van der Waals surface area contributed by atoms with Crippen LogP contribution in [0.25, 0.3) is 0 Å². The topological polar surface area (TPSA) is 71.2 Å². The zero-order valence-electron chi connectivity index (χ0n) is 8.23. The number of aliphatic hydroxyl groups is 1. The van der Waals surface area contributed by atoms with E-state index >= 15 is 0 Å². The minimum absolute atomic E-state index is 0.0669. The molecule has 0 amide bonds. The first-order valence-corrected chi connectivity index (χ1v) is 4.95. The Hall–Kier alpha value is -0.940. The van der Waals surface area contributed by atoms with Crippen molar-refractivity contribution in [2.24, 2.45) is 5.92 Å². The molecular weight excluding hydrogens is 182 g/mol. The third-order valence-corrected chi connectivity index (χ3v) is 2.65. The van der Waals surface area contributed by atoms with Crippen LogP contribution in [0.5, 0.6) is 0 Å². The van der Waals surface area contributed by atoms with E-state index < -0.39 is 0 Å². The van der Waals surface area contributed by atoms with Gasteiger partial charge in [-0.15, -0.1) is 0 Å². The summed E-state index contributed by atoms with van der Waals surface area (Å²) in [7, 11) is 0. The minimum Gasteiger partial charge on any atom is -0.396 e. The summed E-state index contributed by atoms with van der Waals surface area (Å²) >= 11 is 0. The third kappa shape index (κ3) is 1.78. The average molecular weight is 197 g/mol. The van der Waals surface area contributed by atoms with E-state index in [1.54, 1.807) is 0 Å². The van der Waals surface area contributed by atoms with Gasteiger partial charge in [-0.25, -0.2) is 0 Å². The van der Waals surface area contributed by atoms with E-state index in [0.717, 1.165) is 13.1 Å². The smallest absolute Gasteiger partial charge is 0.231 e. The second kappa shape index (κ2) is 4.06. The Morgan fingerprint density at radius 3 is 3.07 bits per heavy atom. The fourth-order valence-corrected chi connectivity index (χ4v) is 1.76. The van der Waals surface area contributed by atoms with Crippen molar-refractivity contribution in [3.63, 3.8) is 0 Å². The number of nitrogens with one attached hydrogen (secondary N) is 1. The SMILES string of the molecule is CC1CNCC1c1nc(CCO)no1. The molecular formula is C9H15N3O2. The molecule has 1 fully saturated rings. The lowest BCUT2D eigenvalue weighted by molar-refractivity contribution is 0.291. The van der Waals surface area contributed by atoms with E-state index in [0.29, 0.717) is 30.0 Å². The van der Waals surface area contributed by atoms with E-state index in [2.05, 4.69) is 22.4 Å². The van der Waals surface area contributed by atoms with Crippen LogP contribution < -0.4 is 5.32 Å². The molecule has 2 rings (SSSR count). The molecule has 14 heavy (non-hydrogen) atoms. The molecule has 78 valence electrons. The third-order valence-electron chi connectivity index (χ3n) is 2.65. The fourth-order valence-electron chi connectivity index (χ4n) is 1.76. The van der Waals surface area contributed by atoms with Crippen LogP contribution >= 0.6 is 0 Å². The van der Waals surface area contributed by atoms with Crippen LogP contribution in [0, 0.1) is 5.92 Å². The monoisotopic (exact) mass is 197 g/mol. The van der Waals surface area contributed by atoms with Crippen molar-refractivity contribution in [3.8, 4) is 0 Å². The maximum Gasteiger partial charge on any atom is 0.231 e. The zero-order valence-corrected chi connectivity index (χ0v) is 8.23. The molecule has 2 atom stereocenters. The largest absolute Gasteiger partial charge is 0.396 e. The lowest BCUT2D eigenvalue weighted by atomic mass is 9.98. The number of hydrogen-bond acceptors (Lipinski definition) is 5. The van der Waals surface area contributed by atoms with E-state index in [1.807, 2.05) is 0 Å². The van der Waals surface area contributed by atoms with Gasteiger partial charge in [0, 0.05) is 13.0 Å². The van der Waals surface area contributed by atoms with Crippen LogP contribution in [0.2, 0.25) is 0 Å². The highest BCUT2D eigenvalue weighted by atomic mass is 16.5. The molecule has 1 aromatic heterocycles. The number of hydrogen-bond donors (Lipinski definition) is 2. The second-order valence-electron chi connectivity index (χ2n) is 3.76. The maximum atomic E-state index is 8.71. The van der Waals surface area contributed by atoms with Crippen LogP contribution in [0.4, 0.5) is 0 Å². The maximum absolute atomic E-state index is 8.71. The highest BCUT2D eigenvalue weighted by molar-refractivity contribution is 5.00. The molecule has 0 radical (unpaired) electrons. The molecule has 1 aliphatic heterocycles. The number of nitrogens with zero attached hydrogens (tertiary/aromatic N) is 2. The highest BCUT2D eigenvalue weighted by Gasteiger charge is 2.29. The summed E-state index contributed by atoms with van der Waals surface area (Å²) in [4.78, 5) is 4.25. The molecule has 0 saturated carbocycles. The van der Waals surface area contributed by atoms with Gasteiger partial charge in [0.05, 0.1) is 12.5 Å². The van der Waals surface area contributed by atoms with Gasteiger partial charge in [-0.1, -0.05) is 12.1 Å². The standard InChI is InChI=1S/C9H15N3O2/c1-6-4-10-5-7(6)9-11-8(2-3-13)12-14-9/h6-7,10,13H,2-5H2,1H3. The highest BCUT2D eigenvalue weighted by Crippen LogP contribution is 2.25. The van der Waals surface area contributed by atoms with Crippen molar-refractivity contribution in [1.29, 1.82) is 0 Å². The lowest BCUT2D eigenvalue weighted by Crippen LogP contribution is -2.08. The van der Waals surface area contributed by atoms with Crippen molar-refractivity contribution in [2.75, 3.05) is 19.7 Å². The Morgan fingerprint density at radius 1 is 1.57 bits per heavy atom. The Morgan fingerprint density at radius 2 is 2.43 bits per heavy atom.